The number of halogens is 4. The Morgan fingerprint density at radius 3 is 2.37 bits per heavy atom. The number of phenols is 1. The number of likely N-dealkylation sites (tertiary alicyclic amines) is 1. The molecule has 5 aliphatic heterocycles. The van der Waals surface area contributed by atoms with Gasteiger partial charge in [0.05, 0.1) is 16.3 Å². The van der Waals surface area contributed by atoms with Crippen molar-refractivity contribution in [2.24, 2.45) is 0 Å². The molecule has 4 fully saturated rings. The smallest absolute Gasteiger partial charge is 0.420 e. The highest BCUT2D eigenvalue weighted by Gasteiger charge is 2.46. The monoisotopic (exact) mass is 705 g/mol. The average Bonchev–Trinajstić information content (AvgIpc) is 3.42. The first-order valence-corrected chi connectivity index (χ1v) is 17.2. The van der Waals surface area contributed by atoms with E-state index in [2.05, 4.69) is 15.5 Å². The number of aromatic hydroxyl groups is 1. The lowest BCUT2D eigenvalue weighted by molar-refractivity contribution is -0.143. The Kier molecular flexibility index (Phi) is 9.07. The van der Waals surface area contributed by atoms with Gasteiger partial charge < -0.3 is 29.7 Å². The van der Waals surface area contributed by atoms with Gasteiger partial charge in [0.2, 0.25) is 0 Å². The number of nitrogens with one attached hydrogen (secondary N) is 2. The second-order valence-corrected chi connectivity index (χ2v) is 14.1. The topological polar surface area (TPSA) is 124 Å². The maximum Gasteiger partial charge on any atom is 0.420 e. The van der Waals surface area contributed by atoms with Crippen LogP contribution in [0.2, 0.25) is 5.02 Å². The first-order valence-electron chi connectivity index (χ1n) is 16.8. The summed E-state index contributed by atoms with van der Waals surface area (Å²) in [5, 5.41) is 15.8. The highest BCUT2D eigenvalue weighted by Crippen LogP contribution is 2.44. The molecule has 49 heavy (non-hydrogen) atoms. The van der Waals surface area contributed by atoms with E-state index in [1.807, 2.05) is 12.1 Å². The number of hydrogen-bond acceptors (Lipinski definition) is 8. The van der Waals surface area contributed by atoms with E-state index in [-0.39, 0.29) is 37.9 Å². The Hall–Kier alpha value is -3.75. The molecule has 3 atom stereocenters. The predicted octanol–water partition coefficient (Wildman–Crippen LogP) is 5.09. The first kappa shape index (κ1) is 33.7. The van der Waals surface area contributed by atoms with Gasteiger partial charge in [0.1, 0.15) is 11.4 Å². The molecule has 2 unspecified atom stereocenters. The Bertz CT molecular complexity index is 1600. The lowest BCUT2D eigenvalue weighted by Crippen LogP contribution is -2.57. The van der Waals surface area contributed by atoms with Crippen LogP contribution in [0.1, 0.15) is 55.2 Å². The van der Waals surface area contributed by atoms with Crippen molar-refractivity contribution in [2.45, 2.75) is 81.0 Å². The van der Waals surface area contributed by atoms with Crippen molar-refractivity contribution in [1.29, 1.82) is 0 Å². The molecule has 11 nitrogen and oxygen atoms in total. The van der Waals surface area contributed by atoms with Gasteiger partial charge in [-0.2, -0.15) is 13.2 Å². The number of anilines is 1. The van der Waals surface area contributed by atoms with Crippen molar-refractivity contribution in [3.63, 3.8) is 0 Å². The summed E-state index contributed by atoms with van der Waals surface area (Å²) in [4.78, 5) is 45.4. The van der Waals surface area contributed by atoms with E-state index in [0.717, 1.165) is 30.5 Å². The number of benzene rings is 2. The number of carbonyl (C=O) groups excluding carboxylic acids is 3. The van der Waals surface area contributed by atoms with Crippen LogP contribution in [0.4, 0.5) is 28.4 Å². The molecule has 0 aliphatic carbocycles. The summed E-state index contributed by atoms with van der Waals surface area (Å²) in [6, 6.07) is 10.6. The Morgan fingerprint density at radius 1 is 1.02 bits per heavy atom. The number of alkyl halides is 3. The van der Waals surface area contributed by atoms with E-state index in [1.54, 1.807) is 17.0 Å². The summed E-state index contributed by atoms with van der Waals surface area (Å²) >= 11 is 5.98. The largest absolute Gasteiger partial charge is 0.506 e. The summed E-state index contributed by atoms with van der Waals surface area (Å²) in [6.45, 7) is 2.37. The van der Waals surface area contributed by atoms with Crippen LogP contribution < -0.4 is 10.6 Å². The normalized spacial score (nSPS) is 25.7. The Morgan fingerprint density at radius 2 is 1.69 bits per heavy atom. The molecule has 5 aliphatic rings. The molecule has 0 aromatic heterocycles. The zero-order valence-corrected chi connectivity index (χ0v) is 27.6. The van der Waals surface area contributed by atoms with Crippen molar-refractivity contribution >= 4 is 35.4 Å². The minimum atomic E-state index is -4.90. The van der Waals surface area contributed by atoms with Gasteiger partial charge in [-0.3, -0.25) is 15.0 Å². The quantitative estimate of drug-likeness (QED) is 0.393. The molecule has 2 aromatic rings. The van der Waals surface area contributed by atoms with E-state index in [4.69, 9.17) is 21.1 Å². The SMILES string of the molecule is O=C1Nc2ccccc2C2(CCN(C(=O)O[C@H](Cc3cc(Cl)c(O)c(C(F)(F)F)c3)C(=O)N3CCN(C4CC5CCC(C4)N5)CC3)CC2)O1. The second kappa shape index (κ2) is 13.2. The number of piperazine rings is 1. The van der Waals surface area contributed by atoms with Crippen LogP contribution in [0.25, 0.3) is 0 Å². The molecule has 5 heterocycles. The first-order chi connectivity index (χ1) is 23.4. The zero-order chi connectivity index (χ0) is 34.5. The van der Waals surface area contributed by atoms with Crippen LogP contribution in [-0.2, 0) is 32.5 Å². The minimum Gasteiger partial charge on any atom is -0.506 e. The van der Waals surface area contributed by atoms with Crippen LogP contribution in [0, 0.1) is 0 Å². The van der Waals surface area contributed by atoms with E-state index in [0.29, 0.717) is 50.0 Å². The maximum absolute atomic E-state index is 14.0. The number of ether oxygens (including phenoxy) is 2. The molecule has 15 heteroatoms. The third-order valence-electron chi connectivity index (χ3n) is 10.7. The van der Waals surface area contributed by atoms with Gasteiger partial charge in [0.15, 0.2) is 6.10 Å². The number of para-hydroxylation sites is 1. The number of carbonyl (C=O) groups is 3. The lowest BCUT2D eigenvalue weighted by atomic mass is 9.82. The lowest BCUT2D eigenvalue weighted by Gasteiger charge is -2.44. The molecule has 2 aromatic carbocycles. The molecule has 3 amide bonds. The Balaban J connectivity index is 1.06. The van der Waals surface area contributed by atoms with Crippen molar-refractivity contribution < 1.29 is 42.1 Å². The predicted molar refractivity (Wildman–Crippen MR) is 172 cm³/mol. The molecule has 0 radical (unpaired) electrons. The van der Waals surface area contributed by atoms with Crippen molar-refractivity contribution in [1.82, 2.24) is 20.0 Å². The number of rotatable bonds is 5. The number of phenolic OH excluding ortho intramolecular Hbond substituents is 1. The summed E-state index contributed by atoms with van der Waals surface area (Å²) in [5.74, 6) is -1.62. The summed E-state index contributed by atoms with van der Waals surface area (Å²) < 4.78 is 52.8. The molecular formula is C34H39ClF3N5O6. The molecule has 0 saturated carbocycles. The molecule has 2 bridgehead atoms. The van der Waals surface area contributed by atoms with E-state index >= 15 is 0 Å². The van der Waals surface area contributed by atoms with Gasteiger partial charge in [-0.1, -0.05) is 29.8 Å². The fourth-order valence-corrected chi connectivity index (χ4v) is 8.44. The van der Waals surface area contributed by atoms with Crippen LogP contribution >= 0.6 is 11.6 Å². The highest BCUT2D eigenvalue weighted by molar-refractivity contribution is 6.32. The molecule has 1 spiro atoms. The van der Waals surface area contributed by atoms with Gasteiger partial charge >= 0.3 is 18.4 Å². The summed E-state index contributed by atoms with van der Waals surface area (Å²) in [5.41, 5.74) is -0.846. The molecule has 264 valence electrons. The van der Waals surface area contributed by atoms with Gasteiger partial charge in [-0.05, 0) is 49.4 Å². The fourth-order valence-electron chi connectivity index (χ4n) is 8.19. The fraction of sp³-hybridized carbons (Fsp3) is 0.559. The van der Waals surface area contributed by atoms with Crippen molar-refractivity contribution in [3.8, 4) is 5.75 Å². The third-order valence-corrected chi connectivity index (χ3v) is 11.0. The molecular weight excluding hydrogens is 667 g/mol. The number of fused-ring (bicyclic) bond motifs is 4. The van der Waals surface area contributed by atoms with Gasteiger partial charge in [0, 0.05) is 82.2 Å². The van der Waals surface area contributed by atoms with Gasteiger partial charge in [0.25, 0.3) is 5.91 Å². The zero-order valence-electron chi connectivity index (χ0n) is 26.8. The Labute approximate surface area is 286 Å². The molecule has 3 N–H and O–H groups in total. The maximum atomic E-state index is 14.0. The second-order valence-electron chi connectivity index (χ2n) is 13.7. The molecule has 4 saturated heterocycles. The van der Waals surface area contributed by atoms with Crippen LogP contribution in [0.15, 0.2) is 36.4 Å². The van der Waals surface area contributed by atoms with Crippen molar-refractivity contribution in [3.05, 3.63) is 58.1 Å². The third kappa shape index (κ3) is 6.87. The minimum absolute atomic E-state index is 0.0130. The number of amides is 3. The van der Waals surface area contributed by atoms with Crippen LogP contribution in [-0.4, -0.2) is 101 Å². The van der Waals surface area contributed by atoms with Crippen LogP contribution in [0.5, 0.6) is 5.75 Å². The summed E-state index contributed by atoms with van der Waals surface area (Å²) in [6.07, 6.45) is -3.05. The standard InChI is InChI=1S/C34H39ClF3N5O6/c35-26-16-20(15-25(29(26)44)34(36,37)38)17-28(30(45)42-13-11-41(12-14-42)23-18-21-5-6-22(19-23)39-21)48-32(47)43-9-7-33(8-10-43)24-3-1-2-4-27(24)40-31(46)49-33/h1-4,15-16,21-23,28,39,44H,5-14,17-19H2,(H,40,46)/t21?,22?,23?,28-/m1/s1. The highest BCUT2D eigenvalue weighted by atomic mass is 35.5. The van der Waals surface area contributed by atoms with E-state index < -0.39 is 52.3 Å². The van der Waals surface area contributed by atoms with Gasteiger partial charge in [-0.15, -0.1) is 0 Å². The average molecular weight is 706 g/mol. The number of nitrogens with zero attached hydrogens (tertiary/aromatic N) is 3. The molecule has 7 rings (SSSR count). The summed E-state index contributed by atoms with van der Waals surface area (Å²) in [7, 11) is 0. The van der Waals surface area contributed by atoms with Crippen molar-refractivity contribution in [2.75, 3.05) is 44.6 Å². The number of hydrogen-bond donors (Lipinski definition) is 3. The van der Waals surface area contributed by atoms with Crippen LogP contribution in [0.3, 0.4) is 0 Å². The van der Waals surface area contributed by atoms with Gasteiger partial charge in [-0.25, -0.2) is 9.59 Å². The van der Waals surface area contributed by atoms with E-state index in [1.165, 1.54) is 17.7 Å². The number of piperidine rings is 2. The van der Waals surface area contributed by atoms with E-state index in [9.17, 15) is 32.7 Å².